The molecule has 4 rings (SSSR count). The van der Waals surface area contributed by atoms with E-state index < -0.39 is 0 Å². The molecule has 4 aromatic rings. The summed E-state index contributed by atoms with van der Waals surface area (Å²) in [6.45, 7) is 0.647. The molecule has 0 radical (unpaired) electrons. The number of carbonyl (C=O) groups is 2. The van der Waals surface area contributed by atoms with Gasteiger partial charge in [0.2, 0.25) is 0 Å². The van der Waals surface area contributed by atoms with Gasteiger partial charge in [0.1, 0.15) is 11.6 Å². The van der Waals surface area contributed by atoms with Crippen LogP contribution in [0.2, 0.25) is 0 Å². The molecule has 0 unspecified atom stereocenters. The molecule has 0 aliphatic carbocycles. The van der Waals surface area contributed by atoms with Crippen LogP contribution in [0.1, 0.15) is 36.9 Å². The van der Waals surface area contributed by atoms with Gasteiger partial charge in [0, 0.05) is 34.9 Å². The molecular formula is C24H21FN2O4S. The Morgan fingerprint density at radius 3 is 2.62 bits per heavy atom. The quantitative estimate of drug-likeness (QED) is 0.408. The fourth-order valence-corrected chi connectivity index (χ4v) is 4.54. The van der Waals surface area contributed by atoms with E-state index in [0.717, 1.165) is 5.56 Å². The standard InChI is InChI=1S/C24H21FN2O4S/c1-30-14-18-21-19(25)8-3-9-20(21)32-22(18)24(29)26-12-15-5-2-6-16(11-15)23(28)27-13-17-7-4-10-31-17/h2-11H,12-14H2,1H3,(H,26,29)(H,27,28). The summed E-state index contributed by atoms with van der Waals surface area (Å²) < 4.78 is 25.5. The average Bonchev–Trinajstić information content (AvgIpc) is 3.45. The molecule has 2 N–H and O–H groups in total. The van der Waals surface area contributed by atoms with Crippen molar-refractivity contribution in [3.05, 3.63) is 94.0 Å². The summed E-state index contributed by atoms with van der Waals surface area (Å²) in [7, 11) is 1.51. The fourth-order valence-electron chi connectivity index (χ4n) is 3.40. The van der Waals surface area contributed by atoms with Gasteiger partial charge in [-0.1, -0.05) is 18.2 Å². The first-order valence-electron chi connectivity index (χ1n) is 9.93. The largest absolute Gasteiger partial charge is 0.467 e. The van der Waals surface area contributed by atoms with Crippen molar-refractivity contribution in [1.29, 1.82) is 0 Å². The molecular weight excluding hydrogens is 431 g/mol. The van der Waals surface area contributed by atoms with Crippen molar-refractivity contribution in [1.82, 2.24) is 10.6 Å². The van der Waals surface area contributed by atoms with Gasteiger partial charge in [0.05, 0.1) is 24.3 Å². The Morgan fingerprint density at radius 1 is 1.03 bits per heavy atom. The summed E-state index contributed by atoms with van der Waals surface area (Å²) in [5.74, 6) is -0.270. The fraction of sp³-hybridized carbons (Fsp3) is 0.167. The summed E-state index contributed by atoms with van der Waals surface area (Å²) in [5, 5.41) is 6.07. The number of hydrogen-bond acceptors (Lipinski definition) is 5. The van der Waals surface area contributed by atoms with Crippen molar-refractivity contribution in [2.75, 3.05) is 7.11 Å². The van der Waals surface area contributed by atoms with Crippen LogP contribution in [0.4, 0.5) is 4.39 Å². The van der Waals surface area contributed by atoms with E-state index in [1.807, 2.05) is 6.07 Å². The summed E-state index contributed by atoms with van der Waals surface area (Å²) in [6.07, 6.45) is 1.55. The normalized spacial score (nSPS) is 10.9. The van der Waals surface area contributed by atoms with Crippen molar-refractivity contribution in [3.8, 4) is 0 Å². The van der Waals surface area contributed by atoms with Gasteiger partial charge in [-0.25, -0.2) is 4.39 Å². The van der Waals surface area contributed by atoms with Gasteiger partial charge in [-0.2, -0.15) is 0 Å². The molecule has 32 heavy (non-hydrogen) atoms. The first-order chi connectivity index (χ1) is 15.6. The minimum Gasteiger partial charge on any atom is -0.467 e. The SMILES string of the molecule is COCc1c(C(=O)NCc2cccc(C(=O)NCc3ccco3)c2)sc2cccc(F)c12. The van der Waals surface area contributed by atoms with Gasteiger partial charge in [0.15, 0.2) is 0 Å². The maximum Gasteiger partial charge on any atom is 0.262 e. The number of fused-ring (bicyclic) bond motifs is 1. The van der Waals surface area contributed by atoms with Crippen molar-refractivity contribution in [2.24, 2.45) is 0 Å². The van der Waals surface area contributed by atoms with Crippen molar-refractivity contribution >= 4 is 33.2 Å². The summed E-state index contributed by atoms with van der Waals surface area (Å²) >= 11 is 1.23. The van der Waals surface area contributed by atoms with Crippen LogP contribution in [0, 0.1) is 5.82 Å². The number of halogens is 1. The zero-order chi connectivity index (χ0) is 22.5. The number of carbonyl (C=O) groups excluding carboxylic acids is 2. The first kappa shape index (κ1) is 21.7. The number of furan rings is 1. The first-order valence-corrected chi connectivity index (χ1v) is 10.7. The summed E-state index contributed by atoms with van der Waals surface area (Å²) in [5.41, 5.74) is 1.78. The lowest BCUT2D eigenvalue weighted by Crippen LogP contribution is -2.24. The average molecular weight is 453 g/mol. The van der Waals surface area contributed by atoms with Gasteiger partial charge in [-0.3, -0.25) is 9.59 Å². The third-order valence-electron chi connectivity index (χ3n) is 4.90. The molecule has 0 fully saturated rings. The highest BCUT2D eigenvalue weighted by molar-refractivity contribution is 7.21. The molecule has 6 nitrogen and oxygen atoms in total. The molecule has 0 bridgehead atoms. The molecule has 0 spiro atoms. The molecule has 2 heterocycles. The second-order valence-electron chi connectivity index (χ2n) is 7.10. The number of hydrogen-bond donors (Lipinski definition) is 2. The smallest absolute Gasteiger partial charge is 0.262 e. The number of rotatable bonds is 8. The van der Waals surface area contributed by atoms with E-state index >= 15 is 0 Å². The monoisotopic (exact) mass is 452 g/mol. The maximum atomic E-state index is 14.3. The lowest BCUT2D eigenvalue weighted by atomic mass is 10.1. The lowest BCUT2D eigenvalue weighted by Gasteiger charge is -2.08. The van der Waals surface area contributed by atoms with E-state index in [-0.39, 0.29) is 37.3 Å². The Balaban J connectivity index is 1.45. The highest BCUT2D eigenvalue weighted by Gasteiger charge is 2.20. The van der Waals surface area contributed by atoms with Crippen LogP contribution >= 0.6 is 11.3 Å². The number of methoxy groups -OCH3 is 1. The molecule has 2 aromatic carbocycles. The summed E-state index contributed by atoms with van der Waals surface area (Å²) in [4.78, 5) is 25.7. The Kier molecular flexibility index (Phi) is 6.63. The minimum atomic E-state index is -0.377. The molecule has 2 amide bonds. The minimum absolute atomic E-state index is 0.134. The highest BCUT2D eigenvalue weighted by atomic mass is 32.1. The number of benzene rings is 2. The predicted molar refractivity (Wildman–Crippen MR) is 120 cm³/mol. The lowest BCUT2D eigenvalue weighted by molar-refractivity contribution is 0.0943. The van der Waals surface area contributed by atoms with Crippen LogP contribution in [0.3, 0.4) is 0 Å². The van der Waals surface area contributed by atoms with Gasteiger partial charge >= 0.3 is 0 Å². The van der Waals surface area contributed by atoms with E-state index in [1.54, 1.807) is 48.7 Å². The van der Waals surface area contributed by atoms with Gasteiger partial charge < -0.3 is 19.8 Å². The van der Waals surface area contributed by atoms with Crippen LogP contribution in [0.5, 0.6) is 0 Å². The van der Waals surface area contributed by atoms with Crippen molar-refractivity contribution in [2.45, 2.75) is 19.7 Å². The van der Waals surface area contributed by atoms with Crippen molar-refractivity contribution < 1.29 is 23.1 Å². The Hall–Kier alpha value is -3.49. The Morgan fingerprint density at radius 2 is 1.84 bits per heavy atom. The molecule has 0 aliphatic rings. The molecule has 164 valence electrons. The third kappa shape index (κ3) is 4.71. The van der Waals surface area contributed by atoms with Crippen LogP contribution in [0.25, 0.3) is 10.1 Å². The van der Waals surface area contributed by atoms with Gasteiger partial charge in [-0.05, 0) is 42.0 Å². The molecule has 0 saturated heterocycles. The zero-order valence-corrected chi connectivity index (χ0v) is 18.1. The summed E-state index contributed by atoms with van der Waals surface area (Å²) in [6, 6.07) is 15.3. The van der Waals surface area contributed by atoms with E-state index in [1.165, 1.54) is 24.5 Å². The van der Waals surface area contributed by atoms with Crippen LogP contribution in [-0.2, 0) is 24.4 Å². The number of nitrogens with one attached hydrogen (secondary N) is 2. The molecule has 0 aliphatic heterocycles. The van der Waals surface area contributed by atoms with Gasteiger partial charge in [-0.15, -0.1) is 11.3 Å². The maximum absolute atomic E-state index is 14.3. The number of amides is 2. The molecule has 2 aromatic heterocycles. The van der Waals surface area contributed by atoms with E-state index in [9.17, 15) is 14.0 Å². The van der Waals surface area contributed by atoms with Crippen molar-refractivity contribution in [3.63, 3.8) is 0 Å². The van der Waals surface area contributed by atoms with Crippen LogP contribution in [-0.4, -0.2) is 18.9 Å². The third-order valence-corrected chi connectivity index (χ3v) is 6.10. The van der Waals surface area contributed by atoms with E-state index in [4.69, 9.17) is 9.15 Å². The van der Waals surface area contributed by atoms with Crippen LogP contribution < -0.4 is 10.6 Å². The molecule has 0 atom stereocenters. The Labute approximate surface area is 188 Å². The second-order valence-corrected chi connectivity index (χ2v) is 8.15. The van der Waals surface area contributed by atoms with E-state index in [2.05, 4.69) is 10.6 Å². The zero-order valence-electron chi connectivity index (χ0n) is 17.3. The van der Waals surface area contributed by atoms with Crippen LogP contribution in [0.15, 0.2) is 65.3 Å². The van der Waals surface area contributed by atoms with E-state index in [0.29, 0.717) is 31.9 Å². The molecule has 8 heteroatoms. The number of thiophene rings is 1. The highest BCUT2D eigenvalue weighted by Crippen LogP contribution is 2.33. The predicted octanol–water partition coefficient (Wildman–Crippen LogP) is 4.64. The number of ether oxygens (including phenoxy) is 1. The molecule has 0 saturated carbocycles. The Bertz CT molecular complexity index is 1250. The second kappa shape index (κ2) is 9.76. The topological polar surface area (TPSA) is 80.6 Å². The van der Waals surface area contributed by atoms with Gasteiger partial charge in [0.25, 0.3) is 11.8 Å².